The van der Waals surface area contributed by atoms with Gasteiger partial charge in [0.05, 0.1) is 5.84 Å². The van der Waals surface area contributed by atoms with E-state index in [9.17, 15) is 0 Å². The summed E-state index contributed by atoms with van der Waals surface area (Å²) < 4.78 is 0. The van der Waals surface area contributed by atoms with Gasteiger partial charge in [-0.3, -0.25) is 4.99 Å². The fraction of sp³-hybridized carbons (Fsp3) is 0.929. The molecule has 1 saturated heterocycles. The Bertz CT molecular complexity index is 314. The van der Waals surface area contributed by atoms with E-state index in [1.54, 1.807) is 0 Å². The zero-order valence-corrected chi connectivity index (χ0v) is 12.3. The molecule has 2 fully saturated rings. The van der Waals surface area contributed by atoms with Gasteiger partial charge in [0.1, 0.15) is 7.85 Å². The number of likely N-dealkylation sites (tertiary alicyclic amines) is 1. The quantitative estimate of drug-likeness (QED) is 0.659. The van der Waals surface area contributed by atoms with Crippen LogP contribution in [0, 0.1) is 5.92 Å². The number of rotatable bonds is 0. The van der Waals surface area contributed by atoms with Gasteiger partial charge < -0.3 is 10.6 Å². The summed E-state index contributed by atoms with van der Waals surface area (Å²) in [6.45, 7) is 0. The van der Waals surface area contributed by atoms with Crippen molar-refractivity contribution in [2.24, 2.45) is 16.6 Å². The van der Waals surface area contributed by atoms with E-state index in [0.717, 1.165) is 6.42 Å². The molecule has 3 unspecified atom stereocenters. The lowest BCUT2D eigenvalue weighted by Gasteiger charge is -2.48. The fourth-order valence-electron chi connectivity index (χ4n) is 3.95. The number of amidine groups is 1. The summed E-state index contributed by atoms with van der Waals surface area (Å²) >= 11 is 0. The number of aliphatic imine (C=N–C) groups is 1. The Labute approximate surface area is 113 Å². The smallest absolute Gasteiger partial charge is 0.127 e. The first-order valence-corrected chi connectivity index (χ1v) is 7.53. The van der Waals surface area contributed by atoms with Crippen LogP contribution in [0.2, 0.25) is 0 Å². The Morgan fingerprint density at radius 3 is 2.72 bits per heavy atom. The highest BCUT2D eigenvalue weighted by Crippen LogP contribution is 2.36. The van der Waals surface area contributed by atoms with E-state index in [4.69, 9.17) is 5.73 Å². The molecule has 3 atom stereocenters. The van der Waals surface area contributed by atoms with Crippen LogP contribution in [-0.4, -0.2) is 44.2 Å². The van der Waals surface area contributed by atoms with Crippen molar-refractivity contribution < 1.29 is 0 Å². The number of nitrogens with two attached hydrogens (primary N) is 1. The van der Waals surface area contributed by atoms with Crippen molar-refractivity contribution in [2.75, 3.05) is 14.1 Å². The van der Waals surface area contributed by atoms with Gasteiger partial charge in [0.25, 0.3) is 0 Å². The van der Waals surface area contributed by atoms with Crippen LogP contribution in [0.5, 0.6) is 0 Å². The molecule has 0 radical (unpaired) electrons. The van der Waals surface area contributed by atoms with Gasteiger partial charge in [-0.2, -0.15) is 0 Å². The molecule has 0 spiro atoms. The third kappa shape index (κ3) is 2.74. The molecule has 0 aromatic rings. The molecule has 0 aromatic carbocycles. The van der Waals surface area contributed by atoms with Crippen molar-refractivity contribution in [3.8, 4) is 0 Å². The number of hydrogen-bond donors (Lipinski definition) is 1. The van der Waals surface area contributed by atoms with Crippen molar-refractivity contribution in [3.63, 3.8) is 0 Å². The van der Waals surface area contributed by atoms with Gasteiger partial charge in [-0.1, -0.05) is 25.7 Å². The minimum absolute atomic E-state index is 0.00252. The van der Waals surface area contributed by atoms with Gasteiger partial charge in [0, 0.05) is 26.6 Å². The van der Waals surface area contributed by atoms with Gasteiger partial charge in [-0.15, -0.1) is 0 Å². The van der Waals surface area contributed by atoms with E-state index in [-0.39, 0.29) is 5.44 Å². The van der Waals surface area contributed by atoms with E-state index < -0.39 is 0 Å². The molecule has 1 saturated carbocycles. The minimum Gasteiger partial charge on any atom is -0.360 e. The van der Waals surface area contributed by atoms with Gasteiger partial charge in [0.15, 0.2) is 0 Å². The second-order valence-electron chi connectivity index (χ2n) is 6.42. The molecule has 1 aliphatic heterocycles. The van der Waals surface area contributed by atoms with Crippen molar-refractivity contribution in [2.45, 2.75) is 62.8 Å². The standard InChI is InChI=1S/C14H28BN3/c1-17-13-9-8-11-12(18(13)2)7-5-3-4-6-10-14(11,15)16/h11-12H,3-10,15-16H2,1-2H3/b17-13-. The molecule has 0 bridgehead atoms. The molecule has 1 aliphatic carbocycles. The van der Waals surface area contributed by atoms with E-state index in [1.165, 1.54) is 50.8 Å². The third-order valence-corrected chi connectivity index (χ3v) is 5.12. The van der Waals surface area contributed by atoms with Crippen LogP contribution in [0.4, 0.5) is 0 Å². The summed E-state index contributed by atoms with van der Waals surface area (Å²) in [7, 11) is 6.41. The Kier molecular flexibility index (Phi) is 4.36. The second kappa shape index (κ2) is 5.64. The van der Waals surface area contributed by atoms with Crippen LogP contribution in [0.3, 0.4) is 0 Å². The topological polar surface area (TPSA) is 41.6 Å². The van der Waals surface area contributed by atoms with Crippen LogP contribution in [0.1, 0.15) is 51.4 Å². The zero-order chi connectivity index (χ0) is 13.2. The van der Waals surface area contributed by atoms with Crippen molar-refractivity contribution >= 4 is 13.7 Å². The Morgan fingerprint density at radius 1 is 1.28 bits per heavy atom. The molecule has 0 amide bonds. The van der Waals surface area contributed by atoms with E-state index in [2.05, 4.69) is 24.8 Å². The maximum absolute atomic E-state index is 6.65. The van der Waals surface area contributed by atoms with Crippen LogP contribution in [0.15, 0.2) is 4.99 Å². The maximum atomic E-state index is 6.65. The van der Waals surface area contributed by atoms with E-state index in [1.807, 2.05) is 7.05 Å². The number of fused-ring (bicyclic) bond motifs is 1. The molecule has 18 heavy (non-hydrogen) atoms. The van der Waals surface area contributed by atoms with Crippen LogP contribution >= 0.6 is 0 Å². The maximum Gasteiger partial charge on any atom is 0.127 e. The first-order chi connectivity index (χ1) is 8.56. The summed E-state index contributed by atoms with van der Waals surface area (Å²) in [6, 6.07) is 0.602. The largest absolute Gasteiger partial charge is 0.360 e. The summed E-state index contributed by atoms with van der Waals surface area (Å²) in [4.78, 5) is 6.87. The third-order valence-electron chi connectivity index (χ3n) is 5.12. The summed E-state index contributed by atoms with van der Waals surface area (Å²) in [5.41, 5.74) is 6.66. The molecule has 2 N–H and O–H groups in total. The Morgan fingerprint density at radius 2 is 2.00 bits per heavy atom. The number of piperidine rings is 1. The lowest BCUT2D eigenvalue weighted by Crippen LogP contribution is -2.59. The predicted octanol–water partition coefficient (Wildman–Crippen LogP) is 1.37. The lowest BCUT2D eigenvalue weighted by molar-refractivity contribution is 0.157. The highest BCUT2D eigenvalue weighted by atomic mass is 15.2. The second-order valence-corrected chi connectivity index (χ2v) is 6.42. The molecular formula is C14H28BN3. The first kappa shape index (κ1) is 13.9. The zero-order valence-electron chi connectivity index (χ0n) is 12.3. The van der Waals surface area contributed by atoms with Crippen molar-refractivity contribution in [3.05, 3.63) is 0 Å². The minimum atomic E-state index is 0.00252. The van der Waals surface area contributed by atoms with Gasteiger partial charge >= 0.3 is 0 Å². The molecule has 0 aromatic heterocycles. The normalized spacial score (nSPS) is 40.8. The molecule has 102 valence electrons. The summed E-state index contributed by atoms with van der Waals surface area (Å²) in [5, 5.41) is 0. The average molecular weight is 249 g/mol. The molecular weight excluding hydrogens is 221 g/mol. The predicted molar refractivity (Wildman–Crippen MR) is 80.8 cm³/mol. The van der Waals surface area contributed by atoms with Crippen LogP contribution in [-0.2, 0) is 0 Å². The van der Waals surface area contributed by atoms with Gasteiger partial charge in [-0.05, 0) is 30.6 Å². The summed E-state index contributed by atoms with van der Waals surface area (Å²) in [6.07, 6.45) is 10.1. The highest BCUT2D eigenvalue weighted by molar-refractivity contribution is 6.15. The SMILES string of the molecule is BC1(N)CCCCCCC2C1CC/C(=N/C)N2C. The number of hydrogen-bond acceptors (Lipinski definition) is 2. The highest BCUT2D eigenvalue weighted by Gasteiger charge is 2.41. The van der Waals surface area contributed by atoms with Crippen molar-refractivity contribution in [1.82, 2.24) is 4.90 Å². The van der Waals surface area contributed by atoms with E-state index in [0.29, 0.717) is 12.0 Å². The molecule has 2 rings (SSSR count). The van der Waals surface area contributed by atoms with Gasteiger partial charge in [0.2, 0.25) is 0 Å². The molecule has 3 nitrogen and oxygen atoms in total. The van der Waals surface area contributed by atoms with Crippen LogP contribution < -0.4 is 5.73 Å². The number of nitrogens with zero attached hydrogens (tertiary/aromatic N) is 2. The van der Waals surface area contributed by atoms with Gasteiger partial charge in [-0.25, -0.2) is 0 Å². The van der Waals surface area contributed by atoms with Crippen LogP contribution in [0.25, 0.3) is 0 Å². The Balaban J connectivity index is 2.22. The fourth-order valence-corrected chi connectivity index (χ4v) is 3.95. The summed E-state index contributed by atoms with van der Waals surface area (Å²) in [5.74, 6) is 1.90. The monoisotopic (exact) mass is 249 g/mol. The molecule has 2 aliphatic rings. The molecule has 1 heterocycles. The lowest BCUT2D eigenvalue weighted by atomic mass is 9.61. The first-order valence-electron chi connectivity index (χ1n) is 7.53. The average Bonchev–Trinajstić information content (AvgIpc) is 2.40. The van der Waals surface area contributed by atoms with Crippen molar-refractivity contribution in [1.29, 1.82) is 0 Å². The Hall–Kier alpha value is -0.505. The molecule has 4 heteroatoms. The van der Waals surface area contributed by atoms with E-state index >= 15 is 0 Å².